The predicted octanol–water partition coefficient (Wildman–Crippen LogP) is 3.58. The quantitative estimate of drug-likeness (QED) is 0.375. The Morgan fingerprint density at radius 2 is 1.90 bits per heavy atom. The summed E-state index contributed by atoms with van der Waals surface area (Å²) < 4.78 is 0. The monoisotopic (exact) mass is 160 g/mol. The second kappa shape index (κ2) is 3.13. The first-order chi connectivity index (χ1) is 4.60. The third kappa shape index (κ3) is 2.49. The van der Waals surface area contributed by atoms with E-state index in [9.17, 15) is 0 Å². The van der Waals surface area contributed by atoms with Gasteiger partial charge < -0.3 is 0 Å². The molecular formula is C9H17Cl. The molecule has 0 heterocycles. The minimum atomic E-state index is 0.460. The van der Waals surface area contributed by atoms with Gasteiger partial charge in [0, 0.05) is 5.38 Å². The van der Waals surface area contributed by atoms with Crippen molar-refractivity contribution in [2.24, 2.45) is 5.41 Å². The maximum atomic E-state index is 6.05. The first-order valence-corrected chi connectivity index (χ1v) is 4.68. The van der Waals surface area contributed by atoms with E-state index in [0.29, 0.717) is 10.8 Å². The second-order valence-corrected chi connectivity index (χ2v) is 4.81. The van der Waals surface area contributed by atoms with E-state index in [1.165, 1.54) is 32.1 Å². The van der Waals surface area contributed by atoms with Crippen LogP contribution in [0.15, 0.2) is 0 Å². The van der Waals surface area contributed by atoms with Crippen molar-refractivity contribution < 1.29 is 0 Å². The lowest BCUT2D eigenvalue weighted by Crippen LogP contribution is -2.08. The van der Waals surface area contributed by atoms with Crippen molar-refractivity contribution in [3.63, 3.8) is 0 Å². The summed E-state index contributed by atoms with van der Waals surface area (Å²) >= 11 is 6.05. The van der Waals surface area contributed by atoms with Gasteiger partial charge in [0.05, 0.1) is 0 Å². The molecule has 1 atom stereocenters. The molecular weight excluding hydrogens is 144 g/mol. The first-order valence-electron chi connectivity index (χ1n) is 4.24. The molecule has 0 aromatic carbocycles. The fraction of sp³-hybridized carbons (Fsp3) is 1.00. The van der Waals surface area contributed by atoms with Crippen molar-refractivity contribution in [3.8, 4) is 0 Å². The van der Waals surface area contributed by atoms with Crippen LogP contribution in [0.2, 0.25) is 0 Å². The van der Waals surface area contributed by atoms with Gasteiger partial charge in [0.1, 0.15) is 0 Å². The average molecular weight is 161 g/mol. The van der Waals surface area contributed by atoms with Crippen LogP contribution in [-0.4, -0.2) is 5.38 Å². The van der Waals surface area contributed by atoms with Crippen molar-refractivity contribution >= 4 is 11.6 Å². The smallest absolute Gasteiger partial charge is 0.0336 e. The number of alkyl halides is 1. The maximum absolute atomic E-state index is 6.05. The van der Waals surface area contributed by atoms with E-state index in [4.69, 9.17) is 11.6 Å². The van der Waals surface area contributed by atoms with Gasteiger partial charge in [-0.05, 0) is 31.1 Å². The molecule has 0 amide bonds. The standard InChI is InChI=1S/C9H17Cl/c1-9(2)6-3-4-8(10)5-7-9/h8H,3-7H2,1-2H3. The van der Waals surface area contributed by atoms with E-state index in [1.807, 2.05) is 0 Å². The molecule has 10 heavy (non-hydrogen) atoms. The van der Waals surface area contributed by atoms with Gasteiger partial charge in [0.15, 0.2) is 0 Å². The molecule has 0 aromatic heterocycles. The molecule has 1 unspecified atom stereocenters. The summed E-state index contributed by atoms with van der Waals surface area (Å²) in [5, 5.41) is 0.460. The van der Waals surface area contributed by atoms with E-state index >= 15 is 0 Å². The SMILES string of the molecule is CC1(C)CCCC(Cl)CC1. The Bertz CT molecular complexity index is 107. The molecule has 1 fully saturated rings. The summed E-state index contributed by atoms with van der Waals surface area (Å²) in [6, 6.07) is 0. The summed E-state index contributed by atoms with van der Waals surface area (Å²) in [4.78, 5) is 0. The third-order valence-corrected chi connectivity index (χ3v) is 2.94. The summed E-state index contributed by atoms with van der Waals surface area (Å²) in [7, 11) is 0. The Kier molecular flexibility index (Phi) is 2.62. The van der Waals surface area contributed by atoms with Crippen LogP contribution in [0.25, 0.3) is 0 Å². The number of rotatable bonds is 0. The van der Waals surface area contributed by atoms with Crippen molar-refractivity contribution in [2.75, 3.05) is 0 Å². The molecule has 0 saturated heterocycles. The second-order valence-electron chi connectivity index (χ2n) is 4.19. The highest BCUT2D eigenvalue weighted by Crippen LogP contribution is 2.35. The molecule has 0 radical (unpaired) electrons. The molecule has 60 valence electrons. The lowest BCUT2D eigenvalue weighted by atomic mass is 9.85. The fourth-order valence-electron chi connectivity index (χ4n) is 1.62. The zero-order valence-electron chi connectivity index (χ0n) is 6.99. The molecule has 0 nitrogen and oxygen atoms in total. The molecule has 0 spiro atoms. The molecule has 1 heteroatoms. The zero-order chi connectivity index (χ0) is 7.61. The summed E-state index contributed by atoms with van der Waals surface area (Å²) in [6.07, 6.45) is 6.43. The normalized spacial score (nSPS) is 33.3. The first kappa shape index (κ1) is 8.39. The minimum Gasteiger partial charge on any atom is -0.123 e. The molecule has 1 saturated carbocycles. The average Bonchev–Trinajstić information content (AvgIpc) is 1.94. The van der Waals surface area contributed by atoms with Gasteiger partial charge in [0.2, 0.25) is 0 Å². The van der Waals surface area contributed by atoms with Gasteiger partial charge >= 0.3 is 0 Å². The lowest BCUT2D eigenvalue weighted by Gasteiger charge is -2.21. The molecule has 1 rings (SSSR count). The Hall–Kier alpha value is 0.290. The van der Waals surface area contributed by atoms with Crippen LogP contribution in [0.1, 0.15) is 46.0 Å². The van der Waals surface area contributed by atoms with Crippen molar-refractivity contribution in [2.45, 2.75) is 51.3 Å². The van der Waals surface area contributed by atoms with Crippen molar-refractivity contribution in [3.05, 3.63) is 0 Å². The summed E-state index contributed by atoms with van der Waals surface area (Å²) in [5.41, 5.74) is 0.559. The van der Waals surface area contributed by atoms with Crippen LogP contribution in [0.3, 0.4) is 0 Å². The van der Waals surface area contributed by atoms with E-state index in [1.54, 1.807) is 0 Å². The summed E-state index contributed by atoms with van der Waals surface area (Å²) in [5.74, 6) is 0. The molecule has 0 N–H and O–H groups in total. The van der Waals surface area contributed by atoms with Gasteiger partial charge in [-0.2, -0.15) is 0 Å². The van der Waals surface area contributed by atoms with Crippen LogP contribution in [0.4, 0.5) is 0 Å². The van der Waals surface area contributed by atoms with Crippen LogP contribution in [0.5, 0.6) is 0 Å². The van der Waals surface area contributed by atoms with E-state index in [2.05, 4.69) is 13.8 Å². The highest BCUT2D eigenvalue weighted by molar-refractivity contribution is 6.20. The molecule has 0 bridgehead atoms. The number of hydrogen-bond donors (Lipinski definition) is 0. The van der Waals surface area contributed by atoms with Crippen LogP contribution >= 0.6 is 11.6 Å². The largest absolute Gasteiger partial charge is 0.123 e. The van der Waals surface area contributed by atoms with E-state index < -0.39 is 0 Å². The Morgan fingerprint density at radius 3 is 2.60 bits per heavy atom. The van der Waals surface area contributed by atoms with Gasteiger partial charge in [0.25, 0.3) is 0 Å². The third-order valence-electron chi connectivity index (χ3n) is 2.51. The zero-order valence-corrected chi connectivity index (χ0v) is 7.75. The molecule has 1 aliphatic rings. The van der Waals surface area contributed by atoms with Gasteiger partial charge in [-0.15, -0.1) is 11.6 Å². The summed E-state index contributed by atoms with van der Waals surface area (Å²) in [6.45, 7) is 4.70. The lowest BCUT2D eigenvalue weighted by molar-refractivity contribution is 0.314. The molecule has 0 aliphatic heterocycles. The van der Waals surface area contributed by atoms with Crippen molar-refractivity contribution in [1.29, 1.82) is 0 Å². The Morgan fingerprint density at radius 1 is 1.20 bits per heavy atom. The van der Waals surface area contributed by atoms with Crippen LogP contribution < -0.4 is 0 Å². The maximum Gasteiger partial charge on any atom is 0.0336 e. The van der Waals surface area contributed by atoms with E-state index in [-0.39, 0.29) is 0 Å². The van der Waals surface area contributed by atoms with E-state index in [0.717, 1.165) is 0 Å². The van der Waals surface area contributed by atoms with Crippen molar-refractivity contribution in [1.82, 2.24) is 0 Å². The number of hydrogen-bond acceptors (Lipinski definition) is 0. The minimum absolute atomic E-state index is 0.460. The van der Waals surface area contributed by atoms with Gasteiger partial charge in [-0.1, -0.05) is 20.3 Å². The highest BCUT2D eigenvalue weighted by atomic mass is 35.5. The number of halogens is 1. The Labute approximate surface area is 69.0 Å². The Balaban J connectivity index is 2.41. The topological polar surface area (TPSA) is 0 Å². The predicted molar refractivity (Wildman–Crippen MR) is 46.5 cm³/mol. The highest BCUT2D eigenvalue weighted by Gasteiger charge is 2.22. The van der Waals surface area contributed by atoms with Crippen LogP contribution in [0, 0.1) is 5.41 Å². The molecule has 0 aromatic rings. The van der Waals surface area contributed by atoms with Gasteiger partial charge in [-0.3, -0.25) is 0 Å². The fourth-order valence-corrected chi connectivity index (χ4v) is 1.88. The molecule has 1 aliphatic carbocycles. The van der Waals surface area contributed by atoms with Crippen LogP contribution in [-0.2, 0) is 0 Å². The van der Waals surface area contributed by atoms with Gasteiger partial charge in [-0.25, -0.2) is 0 Å².